The highest BCUT2D eigenvalue weighted by atomic mass is 16.5. The number of aromatic amines is 2. The third kappa shape index (κ3) is 2.80. The van der Waals surface area contributed by atoms with Gasteiger partial charge in [0, 0.05) is 25.2 Å². The molecule has 0 aliphatic rings. The minimum Gasteiger partial charge on any atom is -0.377 e. The fourth-order valence-electron chi connectivity index (χ4n) is 2.21. The number of carbonyl (C=O) groups is 1. The van der Waals surface area contributed by atoms with E-state index in [0.717, 1.165) is 22.1 Å². The second kappa shape index (κ2) is 5.42. The van der Waals surface area contributed by atoms with E-state index in [1.165, 1.54) is 0 Å². The monoisotopic (exact) mass is 301 g/mol. The number of rotatable bonds is 5. The van der Waals surface area contributed by atoms with Crippen LogP contribution in [0.15, 0.2) is 18.5 Å². The van der Waals surface area contributed by atoms with Crippen molar-refractivity contribution in [3.05, 3.63) is 24.3 Å². The maximum atomic E-state index is 12.0. The number of H-pyrrole nitrogens is 2. The van der Waals surface area contributed by atoms with Crippen molar-refractivity contribution < 1.29 is 9.53 Å². The van der Waals surface area contributed by atoms with Crippen LogP contribution >= 0.6 is 0 Å². The molecular weight excluding hydrogens is 282 g/mol. The number of nitrogens with zero attached hydrogens (tertiary/aromatic N) is 2. The zero-order valence-corrected chi connectivity index (χ0v) is 12.9. The van der Waals surface area contributed by atoms with E-state index in [9.17, 15) is 4.79 Å². The second-order valence-electron chi connectivity index (χ2n) is 5.86. The van der Waals surface area contributed by atoms with Gasteiger partial charge in [-0.3, -0.25) is 4.79 Å². The van der Waals surface area contributed by atoms with Gasteiger partial charge in [0.1, 0.15) is 17.0 Å². The van der Waals surface area contributed by atoms with Gasteiger partial charge in [0.15, 0.2) is 0 Å². The number of nitrogens with one attached hydrogen (secondary N) is 3. The van der Waals surface area contributed by atoms with E-state index in [4.69, 9.17) is 4.74 Å². The van der Waals surface area contributed by atoms with Gasteiger partial charge in [-0.15, -0.1) is 0 Å². The van der Waals surface area contributed by atoms with Crippen molar-refractivity contribution in [3.8, 4) is 0 Å². The van der Waals surface area contributed by atoms with Gasteiger partial charge in [-0.25, -0.2) is 9.97 Å². The minimum atomic E-state index is -0.384. The summed E-state index contributed by atoms with van der Waals surface area (Å²) in [4.78, 5) is 27.0. The maximum Gasteiger partial charge on any atom is 0.227 e. The summed E-state index contributed by atoms with van der Waals surface area (Å²) in [6.07, 6.45) is 3.74. The lowest BCUT2D eigenvalue weighted by molar-refractivity contribution is -0.121. The van der Waals surface area contributed by atoms with Crippen LogP contribution in [0.25, 0.3) is 22.1 Å². The number of hydrogen-bond donors (Lipinski definition) is 3. The zero-order chi connectivity index (χ0) is 15.7. The average molecular weight is 301 g/mol. The van der Waals surface area contributed by atoms with Crippen molar-refractivity contribution in [2.24, 2.45) is 0 Å². The SMILES string of the molecule is COC(C)(C)CNC(=O)Cc1nc2c(cnc3[nH]ccc32)[nH]1. The normalized spacial score (nSPS) is 12.1. The summed E-state index contributed by atoms with van der Waals surface area (Å²) in [5, 5.41) is 3.80. The van der Waals surface area contributed by atoms with Gasteiger partial charge < -0.3 is 20.0 Å². The van der Waals surface area contributed by atoms with E-state index in [0.29, 0.717) is 12.4 Å². The lowest BCUT2D eigenvalue weighted by Crippen LogP contribution is -2.40. The van der Waals surface area contributed by atoms with Crippen LogP contribution in [0.5, 0.6) is 0 Å². The highest BCUT2D eigenvalue weighted by Crippen LogP contribution is 2.20. The molecule has 0 spiro atoms. The Morgan fingerprint density at radius 3 is 3.05 bits per heavy atom. The zero-order valence-electron chi connectivity index (χ0n) is 12.9. The summed E-state index contributed by atoms with van der Waals surface area (Å²) in [6.45, 7) is 4.29. The molecule has 0 saturated heterocycles. The Labute approximate surface area is 127 Å². The molecule has 22 heavy (non-hydrogen) atoms. The van der Waals surface area contributed by atoms with Crippen LogP contribution in [0.1, 0.15) is 19.7 Å². The molecule has 116 valence electrons. The minimum absolute atomic E-state index is 0.0950. The number of fused-ring (bicyclic) bond motifs is 3. The fraction of sp³-hybridized carbons (Fsp3) is 0.400. The highest BCUT2D eigenvalue weighted by molar-refractivity contribution is 6.00. The molecular formula is C15H19N5O2. The topological polar surface area (TPSA) is 95.7 Å². The van der Waals surface area contributed by atoms with Crippen molar-refractivity contribution >= 4 is 28.0 Å². The molecule has 1 amide bonds. The van der Waals surface area contributed by atoms with Gasteiger partial charge in [-0.05, 0) is 19.9 Å². The molecule has 0 aliphatic heterocycles. The number of pyridine rings is 1. The molecule has 0 radical (unpaired) electrons. The first-order valence-corrected chi connectivity index (χ1v) is 7.11. The van der Waals surface area contributed by atoms with Crippen LogP contribution in [0.2, 0.25) is 0 Å². The van der Waals surface area contributed by atoms with Crippen molar-refractivity contribution in [2.75, 3.05) is 13.7 Å². The lowest BCUT2D eigenvalue weighted by Gasteiger charge is -2.22. The predicted molar refractivity (Wildman–Crippen MR) is 83.5 cm³/mol. The largest absolute Gasteiger partial charge is 0.377 e. The van der Waals surface area contributed by atoms with Crippen LogP contribution < -0.4 is 5.32 Å². The Morgan fingerprint density at radius 1 is 1.45 bits per heavy atom. The third-order valence-electron chi connectivity index (χ3n) is 3.68. The molecule has 0 saturated carbocycles. The molecule has 0 aliphatic carbocycles. The Morgan fingerprint density at radius 2 is 2.27 bits per heavy atom. The molecule has 3 heterocycles. The molecule has 0 atom stereocenters. The molecule has 3 rings (SSSR count). The average Bonchev–Trinajstić information content (AvgIpc) is 3.10. The van der Waals surface area contributed by atoms with Crippen molar-refractivity contribution in [2.45, 2.75) is 25.9 Å². The van der Waals surface area contributed by atoms with Gasteiger partial charge in [0.05, 0.1) is 23.7 Å². The number of carbonyl (C=O) groups excluding carboxylic acids is 1. The van der Waals surface area contributed by atoms with E-state index in [-0.39, 0.29) is 17.9 Å². The van der Waals surface area contributed by atoms with Crippen molar-refractivity contribution in [3.63, 3.8) is 0 Å². The van der Waals surface area contributed by atoms with Crippen LogP contribution in [-0.2, 0) is 16.0 Å². The van der Waals surface area contributed by atoms with Crippen LogP contribution in [-0.4, -0.2) is 45.1 Å². The summed E-state index contributed by atoms with van der Waals surface area (Å²) < 4.78 is 5.28. The molecule has 0 unspecified atom stereocenters. The number of ether oxygens (including phenoxy) is 1. The number of amides is 1. The Bertz CT molecular complexity index is 818. The van der Waals surface area contributed by atoms with Crippen LogP contribution in [0.3, 0.4) is 0 Å². The molecule has 3 aromatic heterocycles. The molecule has 3 aromatic rings. The highest BCUT2D eigenvalue weighted by Gasteiger charge is 2.18. The summed E-state index contributed by atoms with van der Waals surface area (Å²) in [7, 11) is 1.63. The van der Waals surface area contributed by atoms with E-state index >= 15 is 0 Å². The van der Waals surface area contributed by atoms with Gasteiger partial charge in [0.25, 0.3) is 0 Å². The van der Waals surface area contributed by atoms with Crippen molar-refractivity contribution in [1.82, 2.24) is 25.3 Å². The molecule has 0 bridgehead atoms. The van der Waals surface area contributed by atoms with Gasteiger partial charge >= 0.3 is 0 Å². The number of hydrogen-bond acceptors (Lipinski definition) is 4. The number of aromatic nitrogens is 4. The standard InChI is InChI=1S/C15H19N5O2/c1-15(2,22-3)8-18-12(21)6-11-19-10-7-17-14-9(4-5-16-14)13(10)20-11/h4-5,7H,6,8H2,1-3H3,(H,16,17)(H,18,21)(H,19,20). The van der Waals surface area contributed by atoms with Gasteiger partial charge in [0.2, 0.25) is 5.91 Å². The summed E-state index contributed by atoms with van der Waals surface area (Å²) in [6, 6.07) is 1.93. The summed E-state index contributed by atoms with van der Waals surface area (Å²) >= 11 is 0. The Balaban J connectivity index is 1.75. The first-order valence-electron chi connectivity index (χ1n) is 7.11. The predicted octanol–water partition coefficient (Wildman–Crippen LogP) is 1.52. The Hall–Kier alpha value is -2.41. The summed E-state index contributed by atoms with van der Waals surface area (Å²) in [5.74, 6) is 0.528. The maximum absolute atomic E-state index is 12.0. The van der Waals surface area contributed by atoms with E-state index in [1.807, 2.05) is 26.1 Å². The third-order valence-corrected chi connectivity index (χ3v) is 3.68. The van der Waals surface area contributed by atoms with Crippen LogP contribution in [0, 0.1) is 0 Å². The number of methoxy groups -OCH3 is 1. The quantitative estimate of drug-likeness (QED) is 0.666. The van der Waals surface area contributed by atoms with E-state index in [1.54, 1.807) is 13.3 Å². The van der Waals surface area contributed by atoms with E-state index in [2.05, 4.69) is 25.3 Å². The van der Waals surface area contributed by atoms with Gasteiger partial charge in [-0.2, -0.15) is 0 Å². The Kier molecular flexibility index (Phi) is 3.58. The first-order chi connectivity index (χ1) is 10.5. The van der Waals surface area contributed by atoms with E-state index < -0.39 is 0 Å². The number of imidazole rings is 1. The molecule has 0 fully saturated rings. The molecule has 0 aromatic carbocycles. The smallest absolute Gasteiger partial charge is 0.227 e. The lowest BCUT2D eigenvalue weighted by atomic mass is 10.1. The molecule has 7 heteroatoms. The molecule has 3 N–H and O–H groups in total. The van der Waals surface area contributed by atoms with Crippen molar-refractivity contribution in [1.29, 1.82) is 0 Å². The summed E-state index contributed by atoms with van der Waals surface area (Å²) in [5.41, 5.74) is 2.06. The second-order valence-corrected chi connectivity index (χ2v) is 5.86. The molecule has 7 nitrogen and oxygen atoms in total. The van der Waals surface area contributed by atoms with Gasteiger partial charge in [-0.1, -0.05) is 0 Å². The first kappa shape index (κ1) is 14.5. The van der Waals surface area contributed by atoms with Crippen LogP contribution in [0.4, 0.5) is 0 Å². The fourth-order valence-corrected chi connectivity index (χ4v) is 2.21.